The molecule has 0 fully saturated rings. The maximum atomic E-state index is 12.3. The first-order valence-electron chi connectivity index (χ1n) is 8.32. The predicted molar refractivity (Wildman–Crippen MR) is 105 cm³/mol. The monoisotopic (exact) mass is 382 g/mol. The van der Waals surface area contributed by atoms with Crippen LogP contribution in [0, 0.1) is 0 Å². The Labute approximate surface area is 156 Å². The fraction of sp³-hybridized carbons (Fsp3) is 0.100. The maximum Gasteiger partial charge on any atom is 0.240 e. The first-order valence-corrected chi connectivity index (χ1v) is 11.0. The second-order valence-corrected chi connectivity index (χ2v) is 9.31. The zero-order valence-corrected chi connectivity index (χ0v) is 15.6. The van der Waals surface area contributed by atoms with E-state index in [-0.39, 0.29) is 22.1 Å². The predicted octanol–water partition coefficient (Wildman–Crippen LogP) is 3.87. The van der Waals surface area contributed by atoms with Gasteiger partial charge in [0.2, 0.25) is 10.0 Å². The van der Waals surface area contributed by atoms with E-state index in [1.165, 1.54) is 20.9 Å². The van der Waals surface area contributed by atoms with Crippen molar-refractivity contribution in [2.24, 2.45) is 4.36 Å². The summed E-state index contributed by atoms with van der Waals surface area (Å²) < 4.78 is 32.0. The Morgan fingerprint density at radius 1 is 0.769 bits per heavy atom. The lowest BCUT2D eigenvalue weighted by molar-refractivity contribution is 0.582. The van der Waals surface area contributed by atoms with Gasteiger partial charge in [-0.3, -0.25) is 4.36 Å². The fourth-order valence-corrected chi connectivity index (χ4v) is 5.99. The number of hydrogen-bond acceptors (Lipinski definition) is 3. The van der Waals surface area contributed by atoms with Gasteiger partial charge in [0.25, 0.3) is 0 Å². The summed E-state index contributed by atoms with van der Waals surface area (Å²) in [6, 6.07) is 25.0. The Hall–Kier alpha value is -2.28. The molecular weight excluding hydrogens is 364 g/mol. The lowest BCUT2D eigenvalue weighted by atomic mass is 10.1. The topological polar surface area (TPSA) is 58.5 Å². The Kier molecular flexibility index (Phi) is 4.72. The number of sulfonamides is 1. The molecule has 0 aliphatic carbocycles. The number of nitrogens with zero attached hydrogens (tertiary/aromatic N) is 1. The van der Waals surface area contributed by atoms with Gasteiger partial charge in [-0.25, -0.2) is 13.1 Å². The van der Waals surface area contributed by atoms with Crippen LogP contribution in [0.25, 0.3) is 11.1 Å². The standard InChI is InChI=1S/C20H18N2O2S2/c23-26(24,16-8-2-1-3-9-16)22-15-14-21-25-19-12-6-4-10-17(19)18-11-5-7-13-20(18)25/h1-13,22H,14-15H2. The zero-order valence-electron chi connectivity index (χ0n) is 14.0. The van der Waals surface area contributed by atoms with Crippen molar-refractivity contribution in [3.63, 3.8) is 0 Å². The second kappa shape index (κ2) is 7.15. The van der Waals surface area contributed by atoms with Crippen LogP contribution in [0.2, 0.25) is 0 Å². The highest BCUT2D eigenvalue weighted by atomic mass is 32.2. The smallest absolute Gasteiger partial charge is 0.240 e. The zero-order chi connectivity index (χ0) is 18.0. The Bertz CT molecular complexity index is 1030. The number of rotatable bonds is 5. The van der Waals surface area contributed by atoms with Gasteiger partial charge in [0, 0.05) is 16.3 Å². The molecule has 1 N–H and O–H groups in total. The van der Waals surface area contributed by atoms with Gasteiger partial charge in [-0.15, -0.1) is 0 Å². The highest BCUT2D eigenvalue weighted by molar-refractivity contribution is 7.89. The molecule has 0 radical (unpaired) electrons. The van der Waals surface area contributed by atoms with E-state index in [1.54, 1.807) is 30.3 Å². The number of nitrogens with one attached hydrogen (secondary N) is 1. The van der Waals surface area contributed by atoms with Crippen LogP contribution >= 0.6 is 0 Å². The van der Waals surface area contributed by atoms with Gasteiger partial charge < -0.3 is 0 Å². The molecule has 1 heterocycles. The molecule has 3 aromatic carbocycles. The summed E-state index contributed by atoms with van der Waals surface area (Å²) in [5, 5.41) is 0. The lowest BCUT2D eigenvalue weighted by Gasteiger charge is -2.06. The summed E-state index contributed by atoms with van der Waals surface area (Å²) in [6.07, 6.45) is 0. The quantitative estimate of drug-likeness (QED) is 0.533. The molecule has 0 saturated heterocycles. The number of benzene rings is 3. The molecule has 3 aromatic rings. The molecule has 0 atom stereocenters. The van der Waals surface area contributed by atoms with Gasteiger partial charge >= 0.3 is 0 Å². The average Bonchev–Trinajstić information content (AvgIpc) is 3.00. The van der Waals surface area contributed by atoms with Crippen molar-refractivity contribution in [1.29, 1.82) is 0 Å². The molecule has 132 valence electrons. The highest BCUT2D eigenvalue weighted by Crippen LogP contribution is 2.41. The van der Waals surface area contributed by atoms with Crippen LogP contribution < -0.4 is 4.72 Å². The molecule has 0 aromatic heterocycles. The van der Waals surface area contributed by atoms with Gasteiger partial charge in [0.05, 0.1) is 11.4 Å². The Morgan fingerprint density at radius 2 is 1.31 bits per heavy atom. The van der Waals surface area contributed by atoms with Crippen LogP contribution in [-0.2, 0) is 20.7 Å². The molecular formula is C20H18N2O2S2. The summed E-state index contributed by atoms with van der Waals surface area (Å²) in [5.41, 5.74) is 2.44. The van der Waals surface area contributed by atoms with Gasteiger partial charge in [-0.05, 0) is 46.1 Å². The van der Waals surface area contributed by atoms with Gasteiger partial charge in [0.15, 0.2) is 0 Å². The van der Waals surface area contributed by atoms with E-state index in [0.717, 1.165) is 0 Å². The summed E-state index contributed by atoms with van der Waals surface area (Å²) in [5.74, 6) is 0. The summed E-state index contributed by atoms with van der Waals surface area (Å²) >= 11 is 0. The third kappa shape index (κ3) is 3.23. The van der Waals surface area contributed by atoms with Crippen molar-refractivity contribution in [3.8, 4) is 11.1 Å². The van der Waals surface area contributed by atoms with Crippen LogP contribution in [0.5, 0.6) is 0 Å². The molecule has 1 aliphatic heterocycles. The van der Waals surface area contributed by atoms with Gasteiger partial charge in [-0.1, -0.05) is 54.6 Å². The molecule has 0 amide bonds. The lowest BCUT2D eigenvalue weighted by Crippen LogP contribution is -2.26. The normalized spacial score (nSPS) is 13.2. The third-order valence-corrected chi connectivity index (χ3v) is 7.62. The van der Waals surface area contributed by atoms with E-state index in [1.807, 2.05) is 24.3 Å². The van der Waals surface area contributed by atoms with Crippen molar-refractivity contribution in [1.82, 2.24) is 4.72 Å². The number of fused-ring (bicyclic) bond motifs is 3. The minimum absolute atomic E-state index is 0.277. The maximum absolute atomic E-state index is 12.3. The van der Waals surface area contributed by atoms with Crippen molar-refractivity contribution in [3.05, 3.63) is 78.9 Å². The van der Waals surface area contributed by atoms with Crippen LogP contribution in [-0.4, -0.2) is 21.5 Å². The minimum atomic E-state index is -3.48. The van der Waals surface area contributed by atoms with E-state index in [4.69, 9.17) is 4.36 Å². The Morgan fingerprint density at radius 3 is 1.92 bits per heavy atom. The Balaban J connectivity index is 1.53. The van der Waals surface area contributed by atoms with Gasteiger partial charge in [-0.2, -0.15) is 0 Å². The molecule has 0 unspecified atom stereocenters. The van der Waals surface area contributed by atoms with Crippen molar-refractivity contribution < 1.29 is 8.42 Å². The van der Waals surface area contributed by atoms with E-state index in [2.05, 4.69) is 29.0 Å². The van der Waals surface area contributed by atoms with Crippen molar-refractivity contribution in [2.45, 2.75) is 14.7 Å². The van der Waals surface area contributed by atoms with Crippen LogP contribution in [0.1, 0.15) is 0 Å². The summed E-state index contributed by atoms with van der Waals surface area (Å²) in [6.45, 7) is 0.711. The van der Waals surface area contributed by atoms with Gasteiger partial charge in [0.1, 0.15) is 0 Å². The SMILES string of the molecule is O=S(=O)(NCCN=S1c2ccccc2-c2ccccc21)c1ccccc1. The first-order chi connectivity index (χ1) is 12.7. The summed E-state index contributed by atoms with van der Waals surface area (Å²) in [4.78, 5) is 2.69. The fourth-order valence-electron chi connectivity index (χ4n) is 2.97. The molecule has 0 spiro atoms. The van der Waals surface area contributed by atoms with Crippen molar-refractivity contribution >= 4 is 20.7 Å². The first kappa shape index (κ1) is 17.1. The van der Waals surface area contributed by atoms with Crippen LogP contribution in [0.3, 0.4) is 0 Å². The third-order valence-electron chi connectivity index (χ3n) is 4.16. The van der Waals surface area contributed by atoms with Crippen LogP contribution in [0.15, 0.2) is 97.9 Å². The largest absolute Gasteiger partial charge is 0.254 e. The summed E-state index contributed by atoms with van der Waals surface area (Å²) in [7, 11) is -3.84. The molecule has 0 bridgehead atoms. The van der Waals surface area contributed by atoms with E-state index < -0.39 is 10.0 Å². The van der Waals surface area contributed by atoms with E-state index >= 15 is 0 Å². The molecule has 1 aliphatic rings. The molecule has 6 heteroatoms. The molecule has 4 rings (SSSR count). The number of hydrogen-bond donors (Lipinski definition) is 1. The second-order valence-electron chi connectivity index (χ2n) is 5.84. The van der Waals surface area contributed by atoms with Crippen molar-refractivity contribution in [2.75, 3.05) is 13.1 Å². The highest BCUT2D eigenvalue weighted by Gasteiger charge is 2.22. The molecule has 0 saturated carbocycles. The molecule has 26 heavy (non-hydrogen) atoms. The van der Waals surface area contributed by atoms with E-state index in [0.29, 0.717) is 6.54 Å². The average molecular weight is 383 g/mol. The van der Waals surface area contributed by atoms with Crippen LogP contribution in [0.4, 0.5) is 0 Å². The molecule has 4 nitrogen and oxygen atoms in total. The van der Waals surface area contributed by atoms with E-state index in [9.17, 15) is 8.42 Å². The minimum Gasteiger partial charge on any atom is -0.254 e.